The van der Waals surface area contributed by atoms with Gasteiger partial charge >= 0.3 is 5.97 Å². The lowest BCUT2D eigenvalue weighted by molar-refractivity contribution is -0.145. The first kappa shape index (κ1) is 15.7. The number of aromatic nitrogens is 2. The van der Waals surface area contributed by atoms with E-state index in [2.05, 4.69) is 15.3 Å². The summed E-state index contributed by atoms with van der Waals surface area (Å²) in [5, 5.41) is 7.42. The number of esters is 1. The van der Waals surface area contributed by atoms with E-state index in [-0.39, 0.29) is 5.97 Å². The molecule has 1 atom stereocenters. The normalized spacial score (nSPS) is 12.7. The maximum Gasteiger partial charge on any atom is 0.327 e. The first-order valence-electron chi connectivity index (χ1n) is 6.65. The lowest BCUT2D eigenvalue weighted by Crippen LogP contribution is -2.34. The molecule has 6 nitrogen and oxygen atoms in total. The number of hydrogen-bond donors (Lipinski definition) is 1. The zero-order chi connectivity index (χ0) is 14.3. The summed E-state index contributed by atoms with van der Waals surface area (Å²) in [6.45, 7) is 6.56. The second kappa shape index (κ2) is 7.91. The Bertz CT molecular complexity index is 390. The summed E-state index contributed by atoms with van der Waals surface area (Å²) in [5.41, 5.74) is 0.846. The third-order valence-corrected chi connectivity index (χ3v) is 2.74. The van der Waals surface area contributed by atoms with Crippen LogP contribution < -0.4 is 5.32 Å². The standard InChI is InChI=1S/C13H24N4O2/c1-5-17-10-11(9-15-17)12(13(18)19-6-2)14-7-8-16(3)4/h9-10,12,14H,5-8H2,1-4H3. The lowest BCUT2D eigenvalue weighted by atomic mass is 10.1. The molecular formula is C13H24N4O2. The summed E-state index contributed by atoms with van der Waals surface area (Å²) in [7, 11) is 3.99. The largest absolute Gasteiger partial charge is 0.465 e. The van der Waals surface area contributed by atoms with Crippen LogP contribution in [0.5, 0.6) is 0 Å². The van der Waals surface area contributed by atoms with Gasteiger partial charge in [0.15, 0.2) is 0 Å². The molecule has 0 saturated heterocycles. The van der Waals surface area contributed by atoms with Gasteiger partial charge in [0.25, 0.3) is 0 Å². The second-order valence-electron chi connectivity index (χ2n) is 4.57. The molecule has 0 aliphatic carbocycles. The lowest BCUT2D eigenvalue weighted by Gasteiger charge is -2.17. The van der Waals surface area contributed by atoms with Crippen LogP contribution in [0.15, 0.2) is 12.4 Å². The van der Waals surface area contributed by atoms with E-state index in [0.717, 1.165) is 18.7 Å². The zero-order valence-corrected chi connectivity index (χ0v) is 12.2. The average molecular weight is 268 g/mol. The highest BCUT2D eigenvalue weighted by atomic mass is 16.5. The Balaban J connectivity index is 2.70. The molecule has 1 N–H and O–H groups in total. The molecule has 0 aliphatic heterocycles. The third kappa shape index (κ3) is 5.00. The summed E-state index contributed by atoms with van der Waals surface area (Å²) >= 11 is 0. The fraction of sp³-hybridized carbons (Fsp3) is 0.692. The molecule has 1 aromatic rings. The van der Waals surface area contributed by atoms with Crippen molar-refractivity contribution in [2.24, 2.45) is 0 Å². The van der Waals surface area contributed by atoms with Crippen LogP contribution in [0.25, 0.3) is 0 Å². The molecule has 0 radical (unpaired) electrons. The van der Waals surface area contributed by atoms with Crippen molar-refractivity contribution in [3.63, 3.8) is 0 Å². The molecule has 0 spiro atoms. The summed E-state index contributed by atoms with van der Waals surface area (Å²) in [4.78, 5) is 14.0. The molecule has 19 heavy (non-hydrogen) atoms. The Morgan fingerprint density at radius 3 is 2.79 bits per heavy atom. The topological polar surface area (TPSA) is 59.4 Å². The first-order valence-corrected chi connectivity index (χ1v) is 6.65. The van der Waals surface area contributed by atoms with Gasteiger partial charge in [0.05, 0.1) is 12.8 Å². The Labute approximate surface area is 114 Å². The van der Waals surface area contributed by atoms with E-state index in [1.165, 1.54) is 0 Å². The number of aryl methyl sites for hydroxylation is 1. The fourth-order valence-electron chi connectivity index (χ4n) is 1.70. The molecule has 1 unspecified atom stereocenters. The molecular weight excluding hydrogens is 244 g/mol. The average Bonchev–Trinajstić information content (AvgIpc) is 2.83. The highest BCUT2D eigenvalue weighted by molar-refractivity contribution is 5.77. The molecule has 0 aliphatic rings. The number of nitrogens with zero attached hydrogens (tertiary/aromatic N) is 3. The van der Waals surface area contributed by atoms with E-state index in [1.54, 1.807) is 10.9 Å². The minimum Gasteiger partial charge on any atom is -0.465 e. The molecule has 6 heteroatoms. The Morgan fingerprint density at radius 1 is 1.53 bits per heavy atom. The number of nitrogens with one attached hydrogen (secondary N) is 1. The van der Waals surface area contributed by atoms with Crippen LogP contribution in [0.1, 0.15) is 25.5 Å². The molecule has 1 heterocycles. The summed E-state index contributed by atoms with van der Waals surface area (Å²) in [6, 6.07) is -0.444. The van der Waals surface area contributed by atoms with Crippen molar-refractivity contribution in [3.05, 3.63) is 18.0 Å². The highest BCUT2D eigenvalue weighted by Crippen LogP contribution is 2.13. The van der Waals surface area contributed by atoms with Gasteiger partial charge < -0.3 is 9.64 Å². The third-order valence-electron chi connectivity index (χ3n) is 2.74. The molecule has 0 aromatic carbocycles. The highest BCUT2D eigenvalue weighted by Gasteiger charge is 2.22. The first-order chi connectivity index (χ1) is 9.08. The summed E-state index contributed by atoms with van der Waals surface area (Å²) in [6.07, 6.45) is 3.60. The maximum absolute atomic E-state index is 12.0. The second-order valence-corrected chi connectivity index (χ2v) is 4.57. The quantitative estimate of drug-likeness (QED) is 0.702. The number of rotatable bonds is 8. The minimum atomic E-state index is -0.444. The van der Waals surface area contributed by atoms with Gasteiger partial charge in [-0.25, -0.2) is 4.79 Å². The van der Waals surface area contributed by atoms with Gasteiger partial charge in [0, 0.05) is 31.4 Å². The molecule has 0 saturated carbocycles. The molecule has 1 aromatic heterocycles. The van der Waals surface area contributed by atoms with E-state index >= 15 is 0 Å². The molecule has 0 amide bonds. The van der Waals surface area contributed by atoms with Gasteiger partial charge in [0.2, 0.25) is 0 Å². The zero-order valence-electron chi connectivity index (χ0n) is 12.2. The van der Waals surface area contributed by atoms with E-state index in [1.807, 2.05) is 34.1 Å². The van der Waals surface area contributed by atoms with Crippen molar-refractivity contribution in [2.75, 3.05) is 33.8 Å². The van der Waals surface area contributed by atoms with Crippen LogP contribution in [0.3, 0.4) is 0 Å². The molecule has 108 valence electrons. The van der Waals surface area contributed by atoms with Crippen LogP contribution in [0.4, 0.5) is 0 Å². The van der Waals surface area contributed by atoms with Crippen LogP contribution >= 0.6 is 0 Å². The minimum absolute atomic E-state index is 0.253. The number of likely N-dealkylation sites (N-methyl/N-ethyl adjacent to an activating group) is 1. The summed E-state index contributed by atoms with van der Waals surface area (Å²) < 4.78 is 6.91. The number of carbonyl (C=O) groups is 1. The molecule has 1 rings (SSSR count). The van der Waals surface area contributed by atoms with Gasteiger partial charge in [-0.05, 0) is 27.9 Å². The smallest absolute Gasteiger partial charge is 0.327 e. The maximum atomic E-state index is 12.0. The van der Waals surface area contributed by atoms with Crippen molar-refractivity contribution < 1.29 is 9.53 Å². The number of hydrogen-bond acceptors (Lipinski definition) is 5. The summed E-state index contributed by atoms with van der Waals surface area (Å²) in [5.74, 6) is -0.253. The van der Waals surface area contributed by atoms with Gasteiger partial charge in [-0.1, -0.05) is 0 Å². The van der Waals surface area contributed by atoms with E-state index < -0.39 is 6.04 Å². The Hall–Kier alpha value is -1.40. The Morgan fingerprint density at radius 2 is 2.26 bits per heavy atom. The monoisotopic (exact) mass is 268 g/mol. The van der Waals surface area contributed by atoms with Gasteiger partial charge in [-0.3, -0.25) is 10.00 Å². The number of carbonyl (C=O) groups excluding carboxylic acids is 1. The molecule has 0 bridgehead atoms. The predicted molar refractivity (Wildman–Crippen MR) is 73.8 cm³/mol. The number of ether oxygens (including phenoxy) is 1. The van der Waals surface area contributed by atoms with E-state index in [4.69, 9.17) is 4.74 Å². The fourth-order valence-corrected chi connectivity index (χ4v) is 1.70. The molecule has 0 fully saturated rings. The van der Waals surface area contributed by atoms with Crippen LogP contribution in [-0.4, -0.2) is 54.4 Å². The van der Waals surface area contributed by atoms with Crippen molar-refractivity contribution in [1.29, 1.82) is 0 Å². The van der Waals surface area contributed by atoms with Crippen molar-refractivity contribution in [1.82, 2.24) is 20.0 Å². The van der Waals surface area contributed by atoms with Crippen molar-refractivity contribution in [3.8, 4) is 0 Å². The van der Waals surface area contributed by atoms with Crippen LogP contribution in [-0.2, 0) is 16.1 Å². The van der Waals surface area contributed by atoms with Gasteiger partial charge in [-0.2, -0.15) is 5.10 Å². The van der Waals surface area contributed by atoms with Crippen LogP contribution in [0, 0.1) is 0 Å². The van der Waals surface area contributed by atoms with Crippen molar-refractivity contribution in [2.45, 2.75) is 26.4 Å². The Kier molecular flexibility index (Phi) is 6.52. The van der Waals surface area contributed by atoms with Gasteiger partial charge in [0.1, 0.15) is 6.04 Å². The van der Waals surface area contributed by atoms with Gasteiger partial charge in [-0.15, -0.1) is 0 Å². The van der Waals surface area contributed by atoms with E-state index in [9.17, 15) is 4.79 Å². The van der Waals surface area contributed by atoms with Crippen LogP contribution in [0.2, 0.25) is 0 Å². The SMILES string of the molecule is CCOC(=O)C(NCCN(C)C)c1cnn(CC)c1. The van der Waals surface area contributed by atoms with Crippen molar-refractivity contribution >= 4 is 5.97 Å². The van der Waals surface area contributed by atoms with E-state index in [0.29, 0.717) is 13.2 Å². The predicted octanol–water partition coefficient (Wildman–Crippen LogP) is 0.658.